The largest absolute Gasteiger partial charge is 0.290 e. The van der Waals surface area contributed by atoms with Gasteiger partial charge in [0.25, 0.3) is 0 Å². The second-order valence-electron chi connectivity index (χ2n) is 7.50. The van der Waals surface area contributed by atoms with E-state index in [0.717, 1.165) is 11.1 Å². The van der Waals surface area contributed by atoms with E-state index in [2.05, 4.69) is 0 Å². The molecular formula is C23H20ClF3N2O2S. The maximum absolute atomic E-state index is 14.4. The first-order valence-electron chi connectivity index (χ1n) is 9.96. The molecule has 168 valence electrons. The fourth-order valence-corrected chi connectivity index (χ4v) is 5.67. The third-order valence-electron chi connectivity index (χ3n) is 5.54. The van der Waals surface area contributed by atoms with Crippen LogP contribution in [-0.2, 0) is 10.0 Å². The van der Waals surface area contributed by atoms with Gasteiger partial charge in [-0.3, -0.25) is 4.90 Å². The summed E-state index contributed by atoms with van der Waals surface area (Å²) in [4.78, 5) is 1.59. The van der Waals surface area contributed by atoms with Crippen molar-refractivity contribution in [2.24, 2.45) is 0 Å². The highest BCUT2D eigenvalue weighted by atomic mass is 35.5. The summed E-state index contributed by atoms with van der Waals surface area (Å²) in [5, 5.41) is -0.252. The zero-order chi connectivity index (χ0) is 22.9. The first-order valence-corrected chi connectivity index (χ1v) is 11.8. The Hall–Kier alpha value is -2.39. The van der Waals surface area contributed by atoms with E-state index in [1.165, 1.54) is 46.8 Å². The first-order chi connectivity index (χ1) is 15.3. The molecule has 0 atom stereocenters. The number of hydrogen-bond acceptors (Lipinski definition) is 3. The second kappa shape index (κ2) is 9.23. The Labute approximate surface area is 189 Å². The quantitative estimate of drug-likeness (QED) is 0.524. The van der Waals surface area contributed by atoms with Crippen LogP contribution in [0.4, 0.5) is 13.2 Å². The van der Waals surface area contributed by atoms with Gasteiger partial charge in [-0.05, 0) is 47.5 Å². The van der Waals surface area contributed by atoms with Crippen molar-refractivity contribution in [1.29, 1.82) is 0 Å². The van der Waals surface area contributed by atoms with Crippen LogP contribution in [0.25, 0.3) is 0 Å². The third-order valence-corrected chi connectivity index (χ3v) is 7.75. The molecule has 0 amide bonds. The molecule has 0 saturated carbocycles. The standard InChI is InChI=1S/C23H20ClF3N2O2S/c24-20-2-1-3-21(22(20)27)32(30,31)29-14-12-28(13-15-29)23(16-4-8-18(25)9-5-16)17-6-10-19(26)11-7-17/h1-11,23H,12-15H2. The Balaban J connectivity index is 1.59. The number of nitrogens with zero attached hydrogens (tertiary/aromatic N) is 2. The van der Waals surface area contributed by atoms with Gasteiger partial charge in [-0.15, -0.1) is 0 Å². The van der Waals surface area contributed by atoms with Crippen molar-refractivity contribution in [2.45, 2.75) is 10.9 Å². The minimum Gasteiger partial charge on any atom is -0.290 e. The predicted molar refractivity (Wildman–Crippen MR) is 116 cm³/mol. The van der Waals surface area contributed by atoms with Gasteiger partial charge in [0.1, 0.15) is 16.5 Å². The van der Waals surface area contributed by atoms with Gasteiger partial charge in [0.05, 0.1) is 11.1 Å². The monoisotopic (exact) mass is 480 g/mol. The topological polar surface area (TPSA) is 40.6 Å². The molecule has 0 aromatic heterocycles. The lowest BCUT2D eigenvalue weighted by atomic mass is 9.96. The van der Waals surface area contributed by atoms with Gasteiger partial charge in [-0.2, -0.15) is 4.31 Å². The van der Waals surface area contributed by atoms with Crippen molar-refractivity contribution in [3.05, 3.63) is 100 Å². The number of benzene rings is 3. The van der Waals surface area contributed by atoms with Gasteiger partial charge in [0.15, 0.2) is 5.82 Å². The molecule has 3 aromatic carbocycles. The van der Waals surface area contributed by atoms with Crippen LogP contribution in [0.2, 0.25) is 5.02 Å². The average Bonchev–Trinajstić information content (AvgIpc) is 2.78. The molecule has 0 bridgehead atoms. The van der Waals surface area contributed by atoms with Gasteiger partial charge < -0.3 is 0 Å². The van der Waals surface area contributed by atoms with Crippen LogP contribution in [0.1, 0.15) is 17.2 Å². The highest BCUT2D eigenvalue weighted by Crippen LogP contribution is 2.32. The molecule has 3 aromatic rings. The molecule has 0 radical (unpaired) electrons. The van der Waals surface area contributed by atoms with E-state index in [-0.39, 0.29) is 35.8 Å². The van der Waals surface area contributed by atoms with E-state index >= 15 is 0 Å². The lowest BCUT2D eigenvalue weighted by Gasteiger charge is -2.39. The maximum Gasteiger partial charge on any atom is 0.246 e. The maximum atomic E-state index is 14.4. The van der Waals surface area contributed by atoms with Crippen molar-refractivity contribution in [3.8, 4) is 0 Å². The van der Waals surface area contributed by atoms with Crippen LogP contribution in [0.3, 0.4) is 0 Å². The molecular weight excluding hydrogens is 461 g/mol. The zero-order valence-electron chi connectivity index (χ0n) is 16.9. The second-order valence-corrected chi connectivity index (χ2v) is 9.81. The van der Waals surface area contributed by atoms with E-state index in [1.54, 1.807) is 24.3 Å². The van der Waals surface area contributed by atoms with Crippen LogP contribution in [-0.4, -0.2) is 43.8 Å². The third kappa shape index (κ3) is 4.54. The summed E-state index contributed by atoms with van der Waals surface area (Å²) in [5.74, 6) is -1.70. The van der Waals surface area contributed by atoms with Crippen molar-refractivity contribution < 1.29 is 21.6 Å². The molecule has 4 nitrogen and oxygen atoms in total. The Morgan fingerprint density at radius 1 is 0.750 bits per heavy atom. The summed E-state index contributed by atoms with van der Waals surface area (Å²) < 4.78 is 68.5. The molecule has 0 spiro atoms. The van der Waals surface area contributed by atoms with Gasteiger partial charge in [-0.25, -0.2) is 21.6 Å². The van der Waals surface area contributed by atoms with Crippen LogP contribution in [0, 0.1) is 17.5 Å². The molecule has 1 aliphatic heterocycles. The molecule has 1 aliphatic rings. The van der Waals surface area contributed by atoms with Gasteiger partial charge in [-0.1, -0.05) is 41.9 Å². The molecule has 1 fully saturated rings. The highest BCUT2D eigenvalue weighted by Gasteiger charge is 2.34. The lowest BCUT2D eigenvalue weighted by Crippen LogP contribution is -2.49. The predicted octanol–water partition coefficient (Wildman–Crippen LogP) is 4.85. The molecule has 1 saturated heterocycles. The summed E-state index contributed by atoms with van der Waals surface area (Å²) in [5.41, 5.74) is 1.60. The van der Waals surface area contributed by atoms with Gasteiger partial charge >= 0.3 is 0 Å². The summed E-state index contributed by atoms with van der Waals surface area (Å²) in [7, 11) is -4.06. The molecule has 9 heteroatoms. The molecule has 0 unspecified atom stereocenters. The van der Waals surface area contributed by atoms with Crippen molar-refractivity contribution in [1.82, 2.24) is 9.21 Å². The van der Waals surface area contributed by atoms with Crippen LogP contribution in [0.15, 0.2) is 71.6 Å². The number of halogens is 4. The van der Waals surface area contributed by atoms with Gasteiger partial charge in [0, 0.05) is 26.2 Å². The smallest absolute Gasteiger partial charge is 0.246 e. The van der Waals surface area contributed by atoms with Crippen LogP contribution in [0.5, 0.6) is 0 Å². The van der Waals surface area contributed by atoms with E-state index in [9.17, 15) is 21.6 Å². The Kier molecular flexibility index (Phi) is 6.57. The molecule has 4 rings (SSSR count). The fraction of sp³-hybridized carbons (Fsp3) is 0.217. The average molecular weight is 481 g/mol. The van der Waals surface area contributed by atoms with E-state index < -0.39 is 20.7 Å². The summed E-state index contributed by atoms with van der Waals surface area (Å²) in [6, 6.07) is 15.6. The number of hydrogen-bond donors (Lipinski definition) is 0. The van der Waals surface area contributed by atoms with Crippen LogP contribution < -0.4 is 0 Å². The Morgan fingerprint density at radius 2 is 1.25 bits per heavy atom. The first kappa shape index (κ1) is 22.8. The Morgan fingerprint density at radius 3 is 1.75 bits per heavy atom. The molecule has 32 heavy (non-hydrogen) atoms. The zero-order valence-corrected chi connectivity index (χ0v) is 18.5. The number of sulfonamides is 1. The van der Waals surface area contributed by atoms with Crippen LogP contribution >= 0.6 is 11.6 Å². The SMILES string of the molecule is O=S(=O)(c1cccc(Cl)c1F)N1CCN(C(c2ccc(F)cc2)c2ccc(F)cc2)CC1. The number of piperazine rings is 1. The van der Waals surface area contributed by atoms with E-state index in [0.29, 0.717) is 13.1 Å². The Bertz CT molecular complexity index is 1150. The molecule has 0 N–H and O–H groups in total. The lowest BCUT2D eigenvalue weighted by molar-refractivity contribution is 0.155. The minimum absolute atomic E-state index is 0.132. The minimum atomic E-state index is -4.06. The van der Waals surface area contributed by atoms with Crippen molar-refractivity contribution >= 4 is 21.6 Å². The van der Waals surface area contributed by atoms with Gasteiger partial charge in [0.2, 0.25) is 10.0 Å². The van der Waals surface area contributed by atoms with Crippen molar-refractivity contribution in [3.63, 3.8) is 0 Å². The van der Waals surface area contributed by atoms with Crippen molar-refractivity contribution in [2.75, 3.05) is 26.2 Å². The normalized spacial score (nSPS) is 15.9. The molecule has 0 aliphatic carbocycles. The summed E-state index contributed by atoms with van der Waals surface area (Å²) in [6.07, 6.45) is 0. The molecule has 1 heterocycles. The summed E-state index contributed by atoms with van der Waals surface area (Å²) in [6.45, 7) is 0.960. The number of rotatable bonds is 5. The highest BCUT2D eigenvalue weighted by molar-refractivity contribution is 7.89. The van der Waals surface area contributed by atoms with E-state index in [4.69, 9.17) is 11.6 Å². The summed E-state index contributed by atoms with van der Waals surface area (Å²) >= 11 is 5.76. The van der Waals surface area contributed by atoms with E-state index in [1.807, 2.05) is 4.90 Å². The fourth-order valence-electron chi connectivity index (χ4n) is 3.93.